The first-order chi connectivity index (χ1) is 60.6. The average molecular weight is 1740 g/mol. The predicted molar refractivity (Wildman–Crippen MR) is 472 cm³/mol. The topological polar surface area (TPSA) is 375 Å². The molecule has 2 aliphatic heterocycles. The molecule has 2 aliphatic rings. The van der Waals surface area contributed by atoms with Crippen LogP contribution in [0.25, 0.3) is 32.7 Å². The number of azide groups is 1. The van der Waals surface area contributed by atoms with Gasteiger partial charge in [0.2, 0.25) is 37.5 Å². The minimum absolute atomic E-state index is 0.0251. The van der Waals surface area contributed by atoms with Gasteiger partial charge in [0, 0.05) is 46.6 Å². The lowest BCUT2D eigenvalue weighted by atomic mass is 9.77. The second kappa shape index (κ2) is 49.1. The third kappa shape index (κ3) is 27.5. The molecule has 670 valence electrons. The molecule has 0 unspecified atom stereocenters. The number of benzene rings is 6. The molecule has 0 fully saturated rings. The molecule has 32 heteroatoms. The van der Waals surface area contributed by atoms with Crippen molar-refractivity contribution in [2.45, 2.75) is 134 Å². The van der Waals surface area contributed by atoms with Crippen molar-refractivity contribution in [2.24, 2.45) is 5.11 Å². The quantitative estimate of drug-likeness (QED) is 0.00449. The lowest BCUT2D eigenvalue weighted by molar-refractivity contribution is -0.175. The number of carbonyl (C=O) groups excluding carboxylic acids is 6. The molecule has 0 spiro atoms. The Balaban J connectivity index is 0.720. The fraction of sp³-hybridized carbons (Fsp3) is 0.462. The lowest BCUT2D eigenvalue weighted by Gasteiger charge is -2.37. The number of ether oxygens (including phenoxy) is 13. The number of esters is 1. The van der Waals surface area contributed by atoms with Crippen LogP contribution in [-0.4, -0.2) is 211 Å². The van der Waals surface area contributed by atoms with E-state index in [-0.39, 0.29) is 74.9 Å². The normalized spacial score (nSPS) is 14.0. The SMILES string of the molecule is CCc1c2c(nc3ccc(O[Si](C)(C)C(C)(C)C)cc13)-c1cc3c(c(=O)n1C2)COC(=O)[C@@]3(CC)OC(=O)OCc1ccc(NC(=O)[C@H](CCCCNC(c2ccccc2)(c2ccccc2)c2ccc(OC)cc2)NC(=O)[C@H](Cc2ccccc2)NC(=O)COCC(=O)NCCOCCOCCOCCOCCOCCOCCOCCOCCN=[N+]=[N-])cc1. The molecule has 0 saturated carbocycles. The van der Waals surface area contributed by atoms with Crippen LogP contribution in [0.5, 0.6) is 11.5 Å². The Labute approximate surface area is 730 Å². The van der Waals surface area contributed by atoms with Crippen molar-refractivity contribution in [3.05, 3.63) is 235 Å². The van der Waals surface area contributed by atoms with E-state index in [0.717, 1.165) is 44.5 Å². The number of methoxy groups -OCH3 is 1. The van der Waals surface area contributed by atoms with Crippen molar-refractivity contribution in [3.8, 4) is 22.9 Å². The van der Waals surface area contributed by atoms with Crippen LogP contribution in [0.1, 0.15) is 110 Å². The first-order valence-electron chi connectivity index (χ1n) is 42.6. The van der Waals surface area contributed by atoms with Crippen LogP contribution in [0.3, 0.4) is 0 Å². The second-order valence-electron chi connectivity index (χ2n) is 31.4. The number of cyclic esters (lactones) is 1. The summed E-state index contributed by atoms with van der Waals surface area (Å²) in [6.07, 6.45) is 0.504. The molecule has 0 bridgehead atoms. The summed E-state index contributed by atoms with van der Waals surface area (Å²) in [6.45, 7) is 20.2. The molecule has 0 saturated heterocycles. The highest BCUT2D eigenvalue weighted by Gasteiger charge is 2.51. The number of aromatic nitrogens is 2. The largest absolute Gasteiger partial charge is 0.543 e. The minimum Gasteiger partial charge on any atom is -0.543 e. The monoisotopic (exact) mass is 1740 g/mol. The van der Waals surface area contributed by atoms with Crippen LogP contribution in [-0.2, 0) is 125 Å². The Kier molecular flexibility index (Phi) is 37.8. The van der Waals surface area contributed by atoms with E-state index < -0.39 is 86.1 Å². The fourth-order valence-electron chi connectivity index (χ4n) is 14.4. The van der Waals surface area contributed by atoms with Crippen molar-refractivity contribution in [3.63, 3.8) is 0 Å². The first kappa shape index (κ1) is 96.2. The van der Waals surface area contributed by atoms with Gasteiger partial charge in [-0.05, 0) is 144 Å². The zero-order chi connectivity index (χ0) is 88.9. The Morgan fingerprint density at radius 3 is 1.74 bits per heavy atom. The highest BCUT2D eigenvalue weighted by molar-refractivity contribution is 6.74. The molecule has 2 aromatic heterocycles. The van der Waals surface area contributed by atoms with Crippen LogP contribution in [0, 0.1) is 0 Å². The molecule has 6 aromatic carbocycles. The lowest BCUT2D eigenvalue weighted by Crippen LogP contribution is -2.54. The number of anilines is 1. The highest BCUT2D eigenvalue weighted by Crippen LogP contribution is 2.45. The van der Waals surface area contributed by atoms with E-state index in [1.165, 1.54) is 0 Å². The number of fused-ring (bicyclic) bond motifs is 5. The molecule has 10 rings (SSSR count). The van der Waals surface area contributed by atoms with Gasteiger partial charge in [0.15, 0.2) is 0 Å². The highest BCUT2D eigenvalue weighted by atomic mass is 28.4. The van der Waals surface area contributed by atoms with Crippen molar-refractivity contribution in [1.29, 1.82) is 0 Å². The Morgan fingerprint density at radius 1 is 0.608 bits per heavy atom. The van der Waals surface area contributed by atoms with Crippen molar-refractivity contribution < 1.29 is 94.8 Å². The molecule has 125 heavy (non-hydrogen) atoms. The van der Waals surface area contributed by atoms with Crippen LogP contribution in [0.15, 0.2) is 174 Å². The van der Waals surface area contributed by atoms with Crippen LogP contribution in [0.4, 0.5) is 10.5 Å². The maximum absolute atomic E-state index is 14.8. The molecule has 8 aromatic rings. The number of hydrogen-bond donors (Lipinski definition) is 5. The number of rotatable bonds is 55. The minimum atomic E-state index is -2.19. The summed E-state index contributed by atoms with van der Waals surface area (Å²) < 4.78 is 80.7. The Hall–Kier alpha value is -11.0. The van der Waals surface area contributed by atoms with Crippen molar-refractivity contribution in [1.82, 2.24) is 30.8 Å². The van der Waals surface area contributed by atoms with E-state index in [9.17, 15) is 33.6 Å². The molecule has 0 radical (unpaired) electrons. The molecule has 0 aliphatic carbocycles. The average Bonchev–Trinajstić information content (AvgIpc) is 1.58. The summed E-state index contributed by atoms with van der Waals surface area (Å²) >= 11 is 0. The molecule has 4 heterocycles. The predicted octanol–water partition coefficient (Wildman–Crippen LogP) is 11.9. The van der Waals surface area contributed by atoms with Gasteiger partial charge in [0.25, 0.3) is 5.56 Å². The van der Waals surface area contributed by atoms with Gasteiger partial charge >= 0.3 is 12.1 Å². The number of pyridine rings is 2. The fourth-order valence-corrected chi connectivity index (χ4v) is 15.4. The summed E-state index contributed by atoms with van der Waals surface area (Å²) in [5.74, 6) is -1.79. The Morgan fingerprint density at radius 2 is 1.17 bits per heavy atom. The first-order valence-corrected chi connectivity index (χ1v) is 45.5. The van der Waals surface area contributed by atoms with Crippen LogP contribution >= 0.6 is 0 Å². The summed E-state index contributed by atoms with van der Waals surface area (Å²) in [7, 11) is -0.562. The summed E-state index contributed by atoms with van der Waals surface area (Å²) in [5.41, 5.74) is 13.5. The Bertz CT molecular complexity index is 4860. The molecule has 3 atom stereocenters. The number of carbonyl (C=O) groups is 6. The van der Waals surface area contributed by atoms with E-state index in [0.29, 0.717) is 159 Å². The zero-order valence-electron chi connectivity index (χ0n) is 72.8. The van der Waals surface area contributed by atoms with E-state index in [4.69, 9.17) is 76.5 Å². The molecule has 31 nitrogen and oxygen atoms in total. The van der Waals surface area contributed by atoms with Gasteiger partial charge in [0.05, 0.1) is 147 Å². The summed E-state index contributed by atoms with van der Waals surface area (Å²) in [5, 5.41) is 19.6. The summed E-state index contributed by atoms with van der Waals surface area (Å²) in [6, 6.07) is 49.0. The number of nitrogens with zero attached hydrogens (tertiary/aromatic N) is 5. The van der Waals surface area contributed by atoms with E-state index in [1.807, 2.05) is 109 Å². The van der Waals surface area contributed by atoms with Crippen molar-refractivity contribution in [2.75, 3.05) is 151 Å². The van der Waals surface area contributed by atoms with E-state index in [1.54, 1.807) is 48.9 Å². The molecular formula is C93H118N10O21Si. The van der Waals surface area contributed by atoms with Gasteiger partial charge in [-0.15, -0.1) is 0 Å². The van der Waals surface area contributed by atoms with Crippen LogP contribution in [0.2, 0.25) is 18.1 Å². The van der Waals surface area contributed by atoms with Gasteiger partial charge in [-0.3, -0.25) is 29.3 Å². The molecule has 4 amide bonds. The number of nitrogens with one attached hydrogen (secondary N) is 5. The van der Waals surface area contributed by atoms with Gasteiger partial charge in [-0.1, -0.05) is 155 Å². The maximum atomic E-state index is 14.8. The number of amides is 4. The van der Waals surface area contributed by atoms with Crippen LogP contribution < -0.4 is 41.3 Å². The number of unbranched alkanes of at least 4 members (excludes halogenated alkanes) is 1. The summed E-state index contributed by atoms with van der Waals surface area (Å²) in [4.78, 5) is 107. The zero-order valence-corrected chi connectivity index (χ0v) is 73.8. The van der Waals surface area contributed by atoms with Gasteiger partial charge < -0.3 is 91.8 Å². The van der Waals surface area contributed by atoms with Gasteiger partial charge in [-0.2, -0.15) is 0 Å². The number of hydrogen-bond acceptors (Lipinski definition) is 24. The smallest absolute Gasteiger partial charge is 0.510 e. The van der Waals surface area contributed by atoms with Gasteiger partial charge in [0.1, 0.15) is 50.0 Å². The molecule has 5 N–H and O–H groups in total. The molecular weight excluding hydrogens is 1620 g/mol. The standard InChI is InChI=1S/C93H118N10O21Si/c1-9-74-75-59-73(124-125(7,8)91(3,4)5)37-38-79(75)100-85-76(74)61-103-82(85)60-78-77(88(103)108)63-121-89(109)92(78,10-2)123-90(110)122-62-67-29-33-71(34-30-67)98-86(106)80(28-20-21-39-96-93(68-24-16-12-17-25-68,69-26-18-13-19-27-69)70-31-35-72(111-6)36-32-70)101-87(107)81(58-66-22-14-11-15-23-66)99-84(105)65-120-64-83(104)95-40-42-112-44-46-114-48-50-116-52-54-118-56-57-119-55-53-117-51-49-115-47-45-113-43-41-97-102-94/h11-19,22-27,29-38,59-60,80-81,96H,9-10,20-21,28,39-58,61-65H2,1-8H3,(H,95,104)(H,98,106)(H,99,105)(H,101,107)/t80-,81-,92-/m0/s1. The van der Waals surface area contributed by atoms with Crippen molar-refractivity contribution >= 4 is 60.7 Å². The number of aryl methyl sites for hydroxylation is 1. The maximum Gasteiger partial charge on any atom is 0.510 e. The third-order valence-electron chi connectivity index (χ3n) is 22.0. The van der Waals surface area contributed by atoms with E-state index >= 15 is 0 Å². The van der Waals surface area contributed by atoms with Gasteiger partial charge in [-0.25, -0.2) is 14.6 Å². The second-order valence-corrected chi connectivity index (χ2v) is 36.1. The van der Waals surface area contributed by atoms with E-state index in [2.05, 4.69) is 102 Å². The third-order valence-corrected chi connectivity index (χ3v) is 26.3.